The highest BCUT2D eigenvalue weighted by Gasteiger charge is 2.10. The van der Waals surface area contributed by atoms with Crippen molar-refractivity contribution in [3.63, 3.8) is 0 Å². The lowest BCUT2D eigenvalue weighted by Gasteiger charge is -2.08. The molecule has 3 nitrogen and oxygen atoms in total. The van der Waals surface area contributed by atoms with Gasteiger partial charge >= 0.3 is 0 Å². The molecule has 0 fully saturated rings. The molecule has 0 radical (unpaired) electrons. The van der Waals surface area contributed by atoms with Crippen molar-refractivity contribution in [2.24, 2.45) is 0 Å². The molecule has 0 aliphatic carbocycles. The van der Waals surface area contributed by atoms with Gasteiger partial charge in [0.2, 0.25) is 10.0 Å². The van der Waals surface area contributed by atoms with Crippen LogP contribution in [0.4, 0.5) is 0 Å². The summed E-state index contributed by atoms with van der Waals surface area (Å²) in [5.41, 5.74) is 2.96. The van der Waals surface area contributed by atoms with Gasteiger partial charge < -0.3 is 0 Å². The van der Waals surface area contributed by atoms with Crippen molar-refractivity contribution in [3.8, 4) is 0 Å². The Morgan fingerprint density at radius 3 is 2.41 bits per heavy atom. The van der Waals surface area contributed by atoms with Gasteiger partial charge in [-0.05, 0) is 37.0 Å². The number of nitrogens with one attached hydrogen (secondary N) is 1. The molecule has 5 heteroatoms. The van der Waals surface area contributed by atoms with Crippen molar-refractivity contribution < 1.29 is 8.42 Å². The summed E-state index contributed by atoms with van der Waals surface area (Å²) in [5, 5.41) is 0.727. The molecule has 1 N–H and O–H groups in total. The summed E-state index contributed by atoms with van der Waals surface area (Å²) in [6.45, 7) is 2.39. The lowest BCUT2D eigenvalue weighted by molar-refractivity contribution is 0.578. The normalized spacial score (nSPS) is 11.5. The van der Waals surface area contributed by atoms with Crippen molar-refractivity contribution in [2.45, 2.75) is 25.5 Å². The van der Waals surface area contributed by atoms with E-state index in [9.17, 15) is 8.42 Å². The van der Waals surface area contributed by atoms with Crippen LogP contribution in [-0.2, 0) is 22.2 Å². The summed E-state index contributed by atoms with van der Waals surface area (Å²) in [7, 11) is -3.30. The molecule has 0 bridgehead atoms. The summed E-state index contributed by atoms with van der Waals surface area (Å²) in [4.78, 5) is 0. The quantitative estimate of drug-likeness (QED) is 0.783. The Morgan fingerprint density at radius 1 is 1.05 bits per heavy atom. The van der Waals surface area contributed by atoms with E-state index in [4.69, 9.17) is 11.6 Å². The first-order chi connectivity index (χ1) is 10.5. The third kappa shape index (κ3) is 5.44. The zero-order valence-electron chi connectivity index (χ0n) is 12.5. The number of hydrogen-bond donors (Lipinski definition) is 1. The smallest absolute Gasteiger partial charge is 0.215 e. The van der Waals surface area contributed by atoms with Crippen LogP contribution in [0.2, 0.25) is 5.02 Å². The van der Waals surface area contributed by atoms with E-state index in [1.165, 1.54) is 0 Å². The Balaban J connectivity index is 1.80. The molecule has 118 valence electrons. The molecule has 0 saturated carbocycles. The highest BCUT2D eigenvalue weighted by molar-refractivity contribution is 7.88. The largest absolute Gasteiger partial charge is 0.215 e. The van der Waals surface area contributed by atoms with E-state index in [1.54, 1.807) is 0 Å². The van der Waals surface area contributed by atoms with Gasteiger partial charge in [0.05, 0.1) is 5.75 Å². The zero-order chi connectivity index (χ0) is 16.0. The van der Waals surface area contributed by atoms with E-state index >= 15 is 0 Å². The maximum atomic E-state index is 12.0. The fraction of sp³-hybridized carbons (Fsp3) is 0.294. The summed E-state index contributed by atoms with van der Waals surface area (Å²) in [5.74, 6) is 0.0133. The second kappa shape index (κ2) is 7.77. The van der Waals surface area contributed by atoms with E-state index in [2.05, 4.69) is 4.72 Å². The average molecular weight is 338 g/mol. The molecule has 0 unspecified atom stereocenters. The second-order valence-electron chi connectivity index (χ2n) is 5.33. The first kappa shape index (κ1) is 17.0. The number of aryl methyl sites for hydroxylation is 2. The van der Waals surface area contributed by atoms with Gasteiger partial charge in [0.1, 0.15) is 0 Å². The Hall–Kier alpha value is -1.36. The van der Waals surface area contributed by atoms with E-state index in [0.29, 0.717) is 6.54 Å². The molecule has 2 aromatic rings. The number of hydrogen-bond acceptors (Lipinski definition) is 2. The van der Waals surface area contributed by atoms with E-state index in [-0.39, 0.29) is 5.75 Å². The van der Waals surface area contributed by atoms with Crippen LogP contribution in [0.25, 0.3) is 0 Å². The van der Waals surface area contributed by atoms with Crippen LogP contribution in [-0.4, -0.2) is 15.0 Å². The van der Waals surface area contributed by atoms with Crippen LogP contribution in [0.3, 0.4) is 0 Å². The van der Waals surface area contributed by atoms with Gasteiger partial charge in [-0.25, -0.2) is 13.1 Å². The van der Waals surface area contributed by atoms with Crippen LogP contribution in [0.15, 0.2) is 48.5 Å². The first-order valence-corrected chi connectivity index (χ1v) is 9.25. The van der Waals surface area contributed by atoms with Crippen LogP contribution in [0, 0.1) is 6.92 Å². The minimum Gasteiger partial charge on any atom is -0.215 e. The molecule has 0 aliphatic heterocycles. The summed E-state index contributed by atoms with van der Waals surface area (Å²) < 4.78 is 26.7. The number of benzene rings is 2. The predicted molar refractivity (Wildman–Crippen MR) is 91.6 cm³/mol. The predicted octanol–water partition coefficient (Wildman–Crippen LogP) is 3.70. The Bertz CT molecular complexity index is 712. The van der Waals surface area contributed by atoms with Crippen molar-refractivity contribution >= 4 is 21.6 Å². The highest BCUT2D eigenvalue weighted by Crippen LogP contribution is 2.16. The molecular weight excluding hydrogens is 318 g/mol. The molecule has 22 heavy (non-hydrogen) atoms. The van der Waals surface area contributed by atoms with E-state index in [1.807, 2.05) is 55.5 Å². The molecule has 0 spiro atoms. The first-order valence-electron chi connectivity index (χ1n) is 7.22. The van der Waals surface area contributed by atoms with E-state index < -0.39 is 10.0 Å². The molecule has 0 aliphatic rings. The molecule has 0 saturated heterocycles. The fourth-order valence-electron chi connectivity index (χ4n) is 2.16. The number of halogens is 1. The van der Waals surface area contributed by atoms with Gasteiger partial charge in [-0.2, -0.15) is 0 Å². The van der Waals surface area contributed by atoms with Gasteiger partial charge in [0.25, 0.3) is 0 Å². The lowest BCUT2D eigenvalue weighted by Crippen LogP contribution is -2.26. The van der Waals surface area contributed by atoms with Gasteiger partial charge in [-0.3, -0.25) is 0 Å². The maximum Gasteiger partial charge on any atom is 0.215 e. The summed E-state index contributed by atoms with van der Waals surface area (Å²) in [6.07, 6.45) is 1.48. The maximum absolute atomic E-state index is 12.0. The third-order valence-corrected chi connectivity index (χ3v) is 5.11. The lowest BCUT2D eigenvalue weighted by atomic mass is 10.1. The fourth-order valence-corrected chi connectivity index (χ4v) is 3.58. The van der Waals surface area contributed by atoms with E-state index in [0.717, 1.165) is 34.6 Å². The van der Waals surface area contributed by atoms with Crippen LogP contribution >= 0.6 is 11.6 Å². The molecule has 0 amide bonds. The SMILES string of the molecule is Cc1ccc(CS(=O)(=O)NCCCc2ccccc2Cl)cc1. The molecule has 2 rings (SSSR count). The Kier molecular flexibility index (Phi) is 6.00. The standard InChI is InChI=1S/C17H20ClNO2S/c1-14-8-10-15(11-9-14)13-22(20,21)19-12-4-6-16-5-2-3-7-17(16)18/h2-3,5,7-11,19H,4,6,12-13H2,1H3. The van der Waals surface area contributed by atoms with Crippen molar-refractivity contribution in [3.05, 3.63) is 70.2 Å². The van der Waals surface area contributed by atoms with Gasteiger partial charge in [0.15, 0.2) is 0 Å². The molecule has 0 atom stereocenters. The summed E-state index contributed by atoms with van der Waals surface area (Å²) in [6, 6.07) is 15.2. The van der Waals surface area contributed by atoms with Crippen molar-refractivity contribution in [2.75, 3.05) is 6.54 Å². The molecule has 0 aromatic heterocycles. The van der Waals surface area contributed by atoms with Crippen molar-refractivity contribution in [1.82, 2.24) is 4.72 Å². The second-order valence-corrected chi connectivity index (χ2v) is 7.55. The van der Waals surface area contributed by atoms with Gasteiger partial charge in [-0.1, -0.05) is 59.6 Å². The Morgan fingerprint density at radius 2 is 1.73 bits per heavy atom. The van der Waals surface area contributed by atoms with Crippen molar-refractivity contribution in [1.29, 1.82) is 0 Å². The van der Waals surface area contributed by atoms with Gasteiger partial charge in [-0.15, -0.1) is 0 Å². The minimum absolute atomic E-state index is 0.0133. The molecular formula is C17H20ClNO2S. The van der Waals surface area contributed by atoms with Gasteiger partial charge in [0, 0.05) is 11.6 Å². The monoisotopic (exact) mass is 337 g/mol. The average Bonchev–Trinajstić information content (AvgIpc) is 2.47. The molecule has 2 aromatic carbocycles. The van der Waals surface area contributed by atoms with Crippen LogP contribution < -0.4 is 4.72 Å². The molecule has 0 heterocycles. The number of rotatable bonds is 7. The van der Waals surface area contributed by atoms with Crippen LogP contribution in [0.1, 0.15) is 23.1 Å². The summed E-state index contributed by atoms with van der Waals surface area (Å²) >= 11 is 6.07. The third-order valence-electron chi connectivity index (χ3n) is 3.38. The van der Waals surface area contributed by atoms with Crippen LogP contribution in [0.5, 0.6) is 0 Å². The minimum atomic E-state index is -3.30. The number of sulfonamides is 1. The Labute approximate surface area is 137 Å². The topological polar surface area (TPSA) is 46.2 Å². The highest BCUT2D eigenvalue weighted by atomic mass is 35.5. The zero-order valence-corrected chi connectivity index (χ0v) is 14.1.